The molecule has 0 fully saturated rings. The van der Waals surface area contributed by atoms with Crippen LogP contribution in [0.5, 0.6) is 23.0 Å². The fraction of sp³-hybridized carbons (Fsp3) is 0.149. The molecule has 0 saturated carbocycles. The molecule has 3 N–H and O–H groups in total. The highest BCUT2D eigenvalue weighted by molar-refractivity contribution is 6.28. The number of hydrogen-bond acceptors (Lipinski definition) is 10. The van der Waals surface area contributed by atoms with Crippen LogP contribution in [0.4, 0.5) is 17.3 Å². The molecule has 0 atom stereocenters. The van der Waals surface area contributed by atoms with Gasteiger partial charge >= 0.3 is 0 Å². The molecule has 300 valence electrons. The van der Waals surface area contributed by atoms with E-state index in [0.717, 1.165) is 64.0 Å². The normalized spacial score (nSPS) is 9.74. The van der Waals surface area contributed by atoms with E-state index in [0.29, 0.717) is 38.1 Å². The van der Waals surface area contributed by atoms with E-state index in [1.54, 1.807) is 30.6 Å². The summed E-state index contributed by atoms with van der Waals surface area (Å²) in [4.78, 5) is 17.0. The van der Waals surface area contributed by atoms with Crippen LogP contribution in [0.25, 0.3) is 22.5 Å². The lowest BCUT2D eigenvalue weighted by Gasteiger charge is -2.10. The standard InChI is InChI=1S/C23H23N3O2.C14H13ClN2O.C9H11NO.CH4/c1-3-5-15-28-20-10-6-8-18(16-20)22-12-13-24-23(26-22)25-19-9-7-11-21(17-19)27-14-4-2;1-2-3-9-18-12-6-4-5-11(10-12)13-7-8-16-14(15)17-13;1-2-6-11-9-5-3-4-8(10)7-9;/h3-4,6-13,16-17H,1-2,5,14-15H2,(H,24,25,26);2,4-8,10H,1,3,9H2;2-5,7H,1,6,10H2;1H4. The Bertz CT molecular complexity index is 2180. The van der Waals surface area contributed by atoms with Crippen LogP contribution in [0.2, 0.25) is 5.28 Å². The van der Waals surface area contributed by atoms with Gasteiger partial charge in [-0.25, -0.2) is 19.9 Å². The number of hydrogen-bond donors (Lipinski definition) is 2. The number of benzene rings is 4. The maximum Gasteiger partial charge on any atom is 0.227 e. The minimum Gasteiger partial charge on any atom is -0.493 e. The number of halogens is 1. The van der Waals surface area contributed by atoms with Crippen LogP contribution in [0.1, 0.15) is 20.3 Å². The zero-order chi connectivity index (χ0) is 40.5. The lowest BCUT2D eigenvalue weighted by Crippen LogP contribution is -1.99. The number of nitrogens with two attached hydrogens (primary N) is 1. The molecular weight excluding hydrogens is 748 g/mol. The molecule has 0 aliphatic carbocycles. The third kappa shape index (κ3) is 16.4. The zero-order valence-electron chi connectivity index (χ0n) is 31.8. The van der Waals surface area contributed by atoms with Crippen LogP contribution in [-0.2, 0) is 0 Å². The minimum atomic E-state index is 0. The highest BCUT2D eigenvalue weighted by Gasteiger charge is 2.06. The molecular formula is C47H51ClN6O4. The molecule has 6 rings (SSSR count). The predicted octanol–water partition coefficient (Wildman–Crippen LogP) is 11.6. The first-order valence-corrected chi connectivity index (χ1v) is 18.5. The molecule has 6 aromatic rings. The number of nitrogen functional groups attached to an aromatic ring is 1. The van der Waals surface area contributed by atoms with Crippen molar-refractivity contribution in [3.05, 3.63) is 177 Å². The van der Waals surface area contributed by atoms with Gasteiger partial charge in [0.15, 0.2) is 0 Å². The van der Waals surface area contributed by atoms with Crippen molar-refractivity contribution < 1.29 is 18.9 Å². The molecule has 10 nitrogen and oxygen atoms in total. The molecule has 0 aliphatic rings. The minimum absolute atomic E-state index is 0. The number of nitrogens with zero attached hydrogens (tertiary/aromatic N) is 4. The topological polar surface area (TPSA) is 127 Å². The average Bonchev–Trinajstić information content (AvgIpc) is 3.23. The second-order valence-electron chi connectivity index (χ2n) is 11.8. The van der Waals surface area contributed by atoms with Crippen molar-refractivity contribution in [3.8, 4) is 45.5 Å². The number of aromatic nitrogens is 4. The maximum absolute atomic E-state index is 5.77. The summed E-state index contributed by atoms with van der Waals surface area (Å²) >= 11 is 5.77. The van der Waals surface area contributed by atoms with E-state index in [-0.39, 0.29) is 12.7 Å². The van der Waals surface area contributed by atoms with Crippen LogP contribution < -0.4 is 30.0 Å². The van der Waals surface area contributed by atoms with Gasteiger partial charge in [-0.05, 0) is 85.1 Å². The quantitative estimate of drug-likeness (QED) is 0.0375. The molecule has 0 bridgehead atoms. The second-order valence-corrected chi connectivity index (χ2v) is 12.1. The van der Waals surface area contributed by atoms with Crippen LogP contribution in [-0.4, -0.2) is 46.4 Å². The largest absolute Gasteiger partial charge is 0.493 e. The lowest BCUT2D eigenvalue weighted by atomic mass is 10.1. The molecule has 58 heavy (non-hydrogen) atoms. The van der Waals surface area contributed by atoms with Crippen molar-refractivity contribution in [3.63, 3.8) is 0 Å². The molecule has 0 unspecified atom stereocenters. The molecule has 4 aromatic carbocycles. The van der Waals surface area contributed by atoms with E-state index in [9.17, 15) is 0 Å². The molecule has 0 radical (unpaired) electrons. The first kappa shape index (κ1) is 45.5. The van der Waals surface area contributed by atoms with E-state index in [1.165, 1.54) is 0 Å². The van der Waals surface area contributed by atoms with Crippen molar-refractivity contribution >= 4 is 28.9 Å². The van der Waals surface area contributed by atoms with Crippen LogP contribution in [0.3, 0.4) is 0 Å². The summed E-state index contributed by atoms with van der Waals surface area (Å²) in [5.74, 6) is 3.66. The second kappa shape index (κ2) is 26.0. The van der Waals surface area contributed by atoms with Gasteiger partial charge in [0.05, 0.1) is 24.6 Å². The predicted molar refractivity (Wildman–Crippen MR) is 239 cm³/mol. The van der Waals surface area contributed by atoms with Crippen LogP contribution in [0, 0.1) is 0 Å². The lowest BCUT2D eigenvalue weighted by molar-refractivity contribution is 0.325. The van der Waals surface area contributed by atoms with E-state index >= 15 is 0 Å². The Balaban J connectivity index is 0.000000256. The summed E-state index contributed by atoms with van der Waals surface area (Å²) in [6.07, 6.45) is 12.1. The first-order chi connectivity index (χ1) is 27.9. The Morgan fingerprint density at radius 2 is 1.07 bits per heavy atom. The van der Waals surface area contributed by atoms with Crippen molar-refractivity contribution in [2.24, 2.45) is 0 Å². The Morgan fingerprint density at radius 1 is 0.569 bits per heavy atom. The molecule has 0 amide bonds. The third-order valence-electron chi connectivity index (χ3n) is 7.41. The Morgan fingerprint density at radius 3 is 1.60 bits per heavy atom. The summed E-state index contributed by atoms with van der Waals surface area (Å²) < 4.78 is 22.1. The first-order valence-electron chi connectivity index (χ1n) is 18.1. The van der Waals surface area contributed by atoms with Gasteiger partial charge in [0.1, 0.15) is 36.2 Å². The Kier molecular flexibility index (Phi) is 20.4. The van der Waals surface area contributed by atoms with E-state index in [2.05, 4.69) is 51.6 Å². The van der Waals surface area contributed by atoms with Gasteiger partial charge in [0, 0.05) is 47.0 Å². The van der Waals surface area contributed by atoms with Crippen LogP contribution in [0.15, 0.2) is 172 Å². The van der Waals surface area contributed by atoms with Gasteiger partial charge in [-0.3, -0.25) is 0 Å². The molecule has 0 aliphatic heterocycles. The molecule has 2 heterocycles. The number of nitrogens with one attached hydrogen (secondary N) is 1. The Hall–Kier alpha value is -6.91. The third-order valence-corrected chi connectivity index (χ3v) is 7.59. The summed E-state index contributed by atoms with van der Waals surface area (Å²) in [7, 11) is 0. The molecule has 0 saturated heterocycles. The highest BCUT2D eigenvalue weighted by Crippen LogP contribution is 2.26. The fourth-order valence-electron chi connectivity index (χ4n) is 4.79. The summed E-state index contributed by atoms with van der Waals surface area (Å²) in [6.45, 7) is 16.8. The summed E-state index contributed by atoms with van der Waals surface area (Å²) in [5, 5.41) is 3.46. The van der Waals surface area contributed by atoms with Gasteiger partial charge in [0.2, 0.25) is 11.2 Å². The number of rotatable bonds is 18. The summed E-state index contributed by atoms with van der Waals surface area (Å²) in [5.41, 5.74) is 10.6. The smallest absolute Gasteiger partial charge is 0.227 e. The van der Waals surface area contributed by atoms with Gasteiger partial charge in [0.25, 0.3) is 0 Å². The van der Waals surface area contributed by atoms with Crippen molar-refractivity contribution in [1.29, 1.82) is 0 Å². The van der Waals surface area contributed by atoms with Gasteiger partial charge in [-0.1, -0.05) is 81.3 Å². The highest BCUT2D eigenvalue weighted by atomic mass is 35.5. The van der Waals surface area contributed by atoms with Gasteiger partial charge in [-0.15, -0.1) is 13.2 Å². The average molecular weight is 799 g/mol. The van der Waals surface area contributed by atoms with E-state index < -0.39 is 0 Å². The molecule has 11 heteroatoms. The van der Waals surface area contributed by atoms with Crippen molar-refractivity contribution in [2.45, 2.75) is 20.3 Å². The Labute approximate surface area is 347 Å². The number of ether oxygens (including phenoxy) is 4. The van der Waals surface area contributed by atoms with Gasteiger partial charge < -0.3 is 30.0 Å². The summed E-state index contributed by atoms with van der Waals surface area (Å²) in [6, 6.07) is 34.2. The van der Waals surface area contributed by atoms with Crippen LogP contribution >= 0.6 is 11.6 Å². The van der Waals surface area contributed by atoms with E-state index in [1.807, 2.05) is 115 Å². The monoisotopic (exact) mass is 798 g/mol. The zero-order valence-corrected chi connectivity index (χ0v) is 32.6. The van der Waals surface area contributed by atoms with Crippen molar-refractivity contribution in [1.82, 2.24) is 19.9 Å². The molecule has 2 aromatic heterocycles. The van der Waals surface area contributed by atoms with Crippen molar-refractivity contribution in [2.75, 3.05) is 37.5 Å². The van der Waals surface area contributed by atoms with Gasteiger partial charge in [-0.2, -0.15) is 0 Å². The molecule has 0 spiro atoms. The SMILES string of the molecule is C.C=CCCOc1cccc(-c2ccnc(Cl)n2)c1.C=CCCOc1cccc(-c2ccnc(Nc3cccc(OCC=C)c3)n2)c1.C=CCOc1cccc(N)c1. The number of anilines is 3. The van der Waals surface area contributed by atoms with E-state index in [4.69, 9.17) is 36.3 Å². The fourth-order valence-corrected chi connectivity index (χ4v) is 4.94. The maximum atomic E-state index is 5.77.